The molecule has 1 aromatic rings. The Kier molecular flexibility index (Phi) is 3.04. The van der Waals surface area contributed by atoms with Gasteiger partial charge in [0.1, 0.15) is 5.82 Å². The molecule has 0 aromatic carbocycles. The minimum atomic E-state index is -0.204. The minimum absolute atomic E-state index is 0.189. The van der Waals surface area contributed by atoms with Crippen LogP contribution in [0.1, 0.15) is 28.5 Å². The summed E-state index contributed by atoms with van der Waals surface area (Å²) in [5.74, 6) is -0.0151. The molecule has 3 N–H and O–H groups in total. The quantitative estimate of drug-likeness (QED) is 0.710. The van der Waals surface area contributed by atoms with Crippen molar-refractivity contribution in [3.8, 4) is 0 Å². The van der Waals surface area contributed by atoms with E-state index in [0.717, 1.165) is 0 Å². The summed E-state index contributed by atoms with van der Waals surface area (Å²) >= 11 is 0. The molecular weight excluding hydrogens is 194 g/mol. The maximum atomic E-state index is 10.9. The normalized spacial score (nSPS) is 9.80. The number of aldehydes is 1. The van der Waals surface area contributed by atoms with Gasteiger partial charge >= 0.3 is 0 Å². The molecule has 0 aliphatic carbocycles. The lowest BCUT2D eigenvalue weighted by molar-refractivity contribution is -0.114. The first-order valence-corrected chi connectivity index (χ1v) is 4.46. The zero-order valence-electron chi connectivity index (χ0n) is 8.92. The molecule has 80 valence electrons. The Hall–Kier alpha value is -1.91. The van der Waals surface area contributed by atoms with Crippen LogP contribution >= 0.6 is 0 Å². The zero-order valence-corrected chi connectivity index (χ0v) is 8.92. The van der Waals surface area contributed by atoms with Crippen molar-refractivity contribution in [3.05, 3.63) is 16.8 Å². The smallest absolute Gasteiger partial charge is 0.221 e. The fourth-order valence-electron chi connectivity index (χ4n) is 1.40. The topological polar surface area (TPSA) is 85.1 Å². The van der Waals surface area contributed by atoms with Crippen molar-refractivity contribution in [2.75, 3.05) is 11.1 Å². The predicted octanol–water partition coefficient (Wildman–Crippen LogP) is 1.05. The number of anilines is 2. The Labute approximate surface area is 87.7 Å². The Balaban J connectivity index is 3.38. The van der Waals surface area contributed by atoms with Crippen LogP contribution < -0.4 is 11.1 Å². The highest BCUT2D eigenvalue weighted by Gasteiger charge is 2.13. The SMILES string of the molecule is CC(=O)Nc1c(C)nc(N)c(C=O)c1C. The molecule has 0 bridgehead atoms. The standard InChI is InChI=1S/C10H13N3O2/c1-5-8(4-14)10(11)12-6(2)9(5)13-7(3)15/h4H,1-3H3,(H2,11,12)(H,13,15). The average Bonchev–Trinajstić information content (AvgIpc) is 2.12. The van der Waals surface area contributed by atoms with Crippen LogP contribution in [0.25, 0.3) is 0 Å². The van der Waals surface area contributed by atoms with Crippen LogP contribution in [0.15, 0.2) is 0 Å². The molecule has 0 saturated heterocycles. The molecule has 15 heavy (non-hydrogen) atoms. The second-order valence-electron chi connectivity index (χ2n) is 3.30. The lowest BCUT2D eigenvalue weighted by atomic mass is 10.1. The highest BCUT2D eigenvalue weighted by atomic mass is 16.1. The molecule has 0 fully saturated rings. The van der Waals surface area contributed by atoms with Gasteiger partial charge in [0.05, 0.1) is 16.9 Å². The number of hydrogen-bond donors (Lipinski definition) is 2. The summed E-state index contributed by atoms with van der Waals surface area (Å²) in [6.45, 7) is 4.85. The van der Waals surface area contributed by atoms with E-state index in [4.69, 9.17) is 5.73 Å². The van der Waals surface area contributed by atoms with Crippen LogP contribution in [-0.2, 0) is 4.79 Å². The lowest BCUT2D eigenvalue weighted by Crippen LogP contribution is -2.12. The highest BCUT2D eigenvalue weighted by molar-refractivity contribution is 5.94. The summed E-state index contributed by atoms with van der Waals surface area (Å²) in [6.07, 6.45) is 0.641. The van der Waals surface area contributed by atoms with Gasteiger partial charge in [-0.05, 0) is 19.4 Å². The number of aryl methyl sites for hydroxylation is 1. The first-order chi connectivity index (χ1) is 6.97. The molecule has 0 radical (unpaired) electrons. The van der Waals surface area contributed by atoms with Crippen molar-refractivity contribution in [2.24, 2.45) is 0 Å². The number of amides is 1. The molecule has 0 aliphatic heterocycles. The third-order valence-electron chi connectivity index (χ3n) is 2.12. The fraction of sp³-hybridized carbons (Fsp3) is 0.300. The zero-order chi connectivity index (χ0) is 11.6. The van der Waals surface area contributed by atoms with E-state index in [-0.39, 0.29) is 11.7 Å². The average molecular weight is 207 g/mol. The van der Waals surface area contributed by atoms with Gasteiger partial charge in [0, 0.05) is 6.92 Å². The summed E-state index contributed by atoms with van der Waals surface area (Å²) < 4.78 is 0. The van der Waals surface area contributed by atoms with Gasteiger partial charge in [-0.3, -0.25) is 9.59 Å². The molecule has 1 rings (SSSR count). The van der Waals surface area contributed by atoms with Crippen molar-refractivity contribution >= 4 is 23.7 Å². The number of rotatable bonds is 2. The van der Waals surface area contributed by atoms with E-state index >= 15 is 0 Å². The number of pyridine rings is 1. The van der Waals surface area contributed by atoms with E-state index in [9.17, 15) is 9.59 Å². The maximum absolute atomic E-state index is 10.9. The second kappa shape index (κ2) is 4.08. The summed E-state index contributed by atoms with van der Waals surface area (Å²) in [4.78, 5) is 25.7. The van der Waals surface area contributed by atoms with Gasteiger partial charge in [0.25, 0.3) is 0 Å². The molecule has 0 aliphatic rings. The van der Waals surface area contributed by atoms with Gasteiger partial charge in [-0.1, -0.05) is 0 Å². The number of hydrogen-bond acceptors (Lipinski definition) is 4. The number of aromatic nitrogens is 1. The molecule has 1 amide bonds. The molecule has 5 nitrogen and oxygen atoms in total. The Morgan fingerprint density at radius 1 is 1.47 bits per heavy atom. The molecule has 0 saturated carbocycles. The second-order valence-corrected chi connectivity index (χ2v) is 3.30. The monoisotopic (exact) mass is 207 g/mol. The molecule has 0 atom stereocenters. The van der Waals surface area contributed by atoms with E-state index in [1.54, 1.807) is 13.8 Å². The molecule has 1 heterocycles. The first kappa shape index (κ1) is 11.2. The Morgan fingerprint density at radius 3 is 2.53 bits per heavy atom. The van der Waals surface area contributed by atoms with Gasteiger partial charge in [-0.2, -0.15) is 0 Å². The van der Waals surface area contributed by atoms with Crippen LogP contribution in [0.4, 0.5) is 11.5 Å². The van der Waals surface area contributed by atoms with Crippen molar-refractivity contribution in [1.82, 2.24) is 4.98 Å². The van der Waals surface area contributed by atoms with Crippen LogP contribution in [0.2, 0.25) is 0 Å². The van der Waals surface area contributed by atoms with Gasteiger partial charge in [0.15, 0.2) is 6.29 Å². The number of nitrogen functional groups attached to an aromatic ring is 1. The van der Waals surface area contributed by atoms with Crippen LogP contribution in [0.3, 0.4) is 0 Å². The van der Waals surface area contributed by atoms with Crippen molar-refractivity contribution in [2.45, 2.75) is 20.8 Å². The van der Waals surface area contributed by atoms with E-state index in [1.165, 1.54) is 6.92 Å². The Morgan fingerprint density at radius 2 is 2.07 bits per heavy atom. The summed E-state index contributed by atoms with van der Waals surface area (Å²) in [6, 6.07) is 0. The van der Waals surface area contributed by atoms with Gasteiger partial charge in [-0.25, -0.2) is 4.98 Å². The predicted molar refractivity (Wildman–Crippen MR) is 57.8 cm³/mol. The van der Waals surface area contributed by atoms with E-state index in [1.807, 2.05) is 0 Å². The third kappa shape index (κ3) is 2.12. The lowest BCUT2D eigenvalue weighted by Gasteiger charge is -2.12. The molecule has 5 heteroatoms. The molecular formula is C10H13N3O2. The minimum Gasteiger partial charge on any atom is -0.383 e. The van der Waals surface area contributed by atoms with Crippen LogP contribution in [0.5, 0.6) is 0 Å². The number of nitrogens with one attached hydrogen (secondary N) is 1. The number of nitrogens with zero attached hydrogens (tertiary/aromatic N) is 1. The summed E-state index contributed by atoms with van der Waals surface area (Å²) in [5, 5.41) is 2.63. The fourth-order valence-corrected chi connectivity index (χ4v) is 1.40. The summed E-state index contributed by atoms with van der Waals surface area (Å²) in [5.41, 5.74) is 7.70. The molecule has 0 spiro atoms. The summed E-state index contributed by atoms with van der Waals surface area (Å²) in [7, 11) is 0. The highest BCUT2D eigenvalue weighted by Crippen LogP contribution is 2.24. The van der Waals surface area contributed by atoms with E-state index < -0.39 is 0 Å². The third-order valence-corrected chi connectivity index (χ3v) is 2.12. The van der Waals surface area contributed by atoms with Gasteiger partial charge in [-0.15, -0.1) is 0 Å². The van der Waals surface area contributed by atoms with Crippen LogP contribution in [-0.4, -0.2) is 17.2 Å². The largest absolute Gasteiger partial charge is 0.383 e. The van der Waals surface area contributed by atoms with Crippen molar-refractivity contribution in [1.29, 1.82) is 0 Å². The van der Waals surface area contributed by atoms with E-state index in [2.05, 4.69) is 10.3 Å². The van der Waals surface area contributed by atoms with Crippen molar-refractivity contribution in [3.63, 3.8) is 0 Å². The van der Waals surface area contributed by atoms with Crippen molar-refractivity contribution < 1.29 is 9.59 Å². The maximum Gasteiger partial charge on any atom is 0.221 e. The van der Waals surface area contributed by atoms with Gasteiger partial charge < -0.3 is 11.1 Å². The van der Waals surface area contributed by atoms with Crippen LogP contribution in [0, 0.1) is 13.8 Å². The Bertz CT molecular complexity index is 427. The number of carbonyl (C=O) groups excluding carboxylic acids is 2. The van der Waals surface area contributed by atoms with Gasteiger partial charge in [0.2, 0.25) is 5.91 Å². The number of carbonyl (C=O) groups is 2. The first-order valence-electron chi connectivity index (χ1n) is 4.46. The number of nitrogens with two attached hydrogens (primary N) is 1. The van der Waals surface area contributed by atoms with E-state index in [0.29, 0.717) is 28.8 Å². The molecule has 1 aromatic heterocycles. The molecule has 0 unspecified atom stereocenters.